The van der Waals surface area contributed by atoms with Crippen LogP contribution < -0.4 is 5.32 Å². The van der Waals surface area contributed by atoms with Crippen molar-refractivity contribution in [3.05, 3.63) is 11.6 Å². The normalized spacial score (nSPS) is 17.1. The van der Waals surface area contributed by atoms with Gasteiger partial charge in [-0.1, -0.05) is 13.3 Å². The molecule has 0 radical (unpaired) electrons. The van der Waals surface area contributed by atoms with Crippen molar-refractivity contribution >= 4 is 5.96 Å². The fourth-order valence-electron chi connectivity index (χ4n) is 2.46. The third-order valence-corrected chi connectivity index (χ3v) is 4.13. The van der Waals surface area contributed by atoms with Gasteiger partial charge in [-0.15, -0.1) is 10.2 Å². The molecular weight excluding hydrogens is 280 g/mol. The van der Waals surface area contributed by atoms with Crippen LogP contribution in [0.1, 0.15) is 44.3 Å². The summed E-state index contributed by atoms with van der Waals surface area (Å²) in [6.07, 6.45) is 3.71. The number of aliphatic hydroxyl groups is 1. The van der Waals surface area contributed by atoms with E-state index in [1.165, 1.54) is 0 Å². The van der Waals surface area contributed by atoms with Crippen LogP contribution in [0, 0.1) is 6.92 Å². The molecule has 0 unspecified atom stereocenters. The number of piperidine rings is 1. The molecule has 0 bridgehead atoms. The summed E-state index contributed by atoms with van der Waals surface area (Å²) in [5.74, 6) is 2.68. The maximum Gasteiger partial charge on any atom is 0.194 e. The van der Waals surface area contributed by atoms with Crippen LogP contribution in [-0.2, 0) is 13.6 Å². The van der Waals surface area contributed by atoms with Crippen LogP contribution in [-0.4, -0.2) is 56.5 Å². The van der Waals surface area contributed by atoms with Crippen molar-refractivity contribution < 1.29 is 5.11 Å². The molecule has 1 aliphatic heterocycles. The molecular formula is C15H28N6O. The standard InChI is InChI=1S/C15H28N6O/c1-4-5-8-16-15(21-9-6-13(22)7-10-21)17-11-14-19-18-12(2)20(14)3/h13,22H,4-11H2,1-3H3,(H,16,17). The number of aliphatic imine (C=N–C) groups is 1. The topological polar surface area (TPSA) is 78.6 Å². The summed E-state index contributed by atoms with van der Waals surface area (Å²) in [6.45, 7) is 7.25. The van der Waals surface area contributed by atoms with E-state index in [0.717, 1.165) is 62.9 Å². The van der Waals surface area contributed by atoms with Crippen LogP contribution in [0.5, 0.6) is 0 Å². The van der Waals surface area contributed by atoms with Crippen molar-refractivity contribution in [2.75, 3.05) is 19.6 Å². The maximum atomic E-state index is 9.66. The molecule has 7 nitrogen and oxygen atoms in total. The number of unbranched alkanes of at least 4 members (excludes halogenated alkanes) is 1. The molecule has 22 heavy (non-hydrogen) atoms. The first-order valence-electron chi connectivity index (χ1n) is 8.18. The molecule has 2 rings (SSSR count). The number of likely N-dealkylation sites (tertiary alicyclic amines) is 1. The minimum Gasteiger partial charge on any atom is -0.393 e. The Kier molecular flexibility index (Phi) is 6.18. The zero-order chi connectivity index (χ0) is 15.9. The van der Waals surface area contributed by atoms with E-state index in [-0.39, 0.29) is 6.10 Å². The lowest BCUT2D eigenvalue weighted by molar-refractivity contribution is 0.108. The van der Waals surface area contributed by atoms with E-state index in [9.17, 15) is 5.11 Å². The van der Waals surface area contributed by atoms with E-state index >= 15 is 0 Å². The Bertz CT molecular complexity index is 490. The molecule has 1 aromatic rings. The van der Waals surface area contributed by atoms with Crippen LogP contribution >= 0.6 is 0 Å². The molecule has 2 heterocycles. The van der Waals surface area contributed by atoms with Gasteiger partial charge in [0, 0.05) is 26.7 Å². The molecule has 124 valence electrons. The predicted octanol–water partition coefficient (Wildman–Crippen LogP) is 0.826. The second kappa shape index (κ2) is 8.12. The predicted molar refractivity (Wildman–Crippen MR) is 86.6 cm³/mol. The zero-order valence-corrected chi connectivity index (χ0v) is 13.9. The van der Waals surface area contributed by atoms with Gasteiger partial charge in [-0.2, -0.15) is 0 Å². The summed E-state index contributed by atoms with van der Waals surface area (Å²) in [4.78, 5) is 6.94. The number of guanidine groups is 1. The summed E-state index contributed by atoms with van der Waals surface area (Å²) < 4.78 is 1.97. The van der Waals surface area contributed by atoms with Gasteiger partial charge in [0.15, 0.2) is 11.8 Å². The summed E-state index contributed by atoms with van der Waals surface area (Å²) >= 11 is 0. The van der Waals surface area contributed by atoms with Crippen molar-refractivity contribution in [2.24, 2.45) is 12.0 Å². The smallest absolute Gasteiger partial charge is 0.194 e. The van der Waals surface area contributed by atoms with Gasteiger partial charge < -0.3 is 19.9 Å². The van der Waals surface area contributed by atoms with Crippen molar-refractivity contribution in [3.63, 3.8) is 0 Å². The number of hydrogen-bond donors (Lipinski definition) is 2. The summed E-state index contributed by atoms with van der Waals surface area (Å²) in [5.41, 5.74) is 0. The molecule has 7 heteroatoms. The van der Waals surface area contributed by atoms with Gasteiger partial charge in [0.2, 0.25) is 0 Å². The first-order chi connectivity index (χ1) is 10.6. The molecule has 0 spiro atoms. The van der Waals surface area contributed by atoms with E-state index in [2.05, 4.69) is 27.3 Å². The van der Waals surface area contributed by atoms with Gasteiger partial charge >= 0.3 is 0 Å². The van der Waals surface area contributed by atoms with Crippen molar-refractivity contribution in [2.45, 2.75) is 52.2 Å². The molecule has 0 aliphatic carbocycles. The Morgan fingerprint density at radius 2 is 2.09 bits per heavy atom. The van der Waals surface area contributed by atoms with Gasteiger partial charge in [0.25, 0.3) is 0 Å². The molecule has 1 fully saturated rings. The van der Waals surface area contributed by atoms with Gasteiger partial charge in [-0.05, 0) is 26.2 Å². The Labute approximate surface area is 132 Å². The third-order valence-electron chi connectivity index (χ3n) is 4.13. The van der Waals surface area contributed by atoms with E-state index in [4.69, 9.17) is 4.99 Å². The first-order valence-corrected chi connectivity index (χ1v) is 8.18. The highest BCUT2D eigenvalue weighted by molar-refractivity contribution is 5.80. The maximum absolute atomic E-state index is 9.66. The van der Waals surface area contributed by atoms with Gasteiger partial charge in [0.05, 0.1) is 6.10 Å². The van der Waals surface area contributed by atoms with Crippen LogP contribution in [0.15, 0.2) is 4.99 Å². The number of rotatable bonds is 5. The molecule has 2 N–H and O–H groups in total. The zero-order valence-electron chi connectivity index (χ0n) is 13.9. The Hall–Kier alpha value is -1.63. The highest BCUT2D eigenvalue weighted by atomic mass is 16.3. The van der Waals surface area contributed by atoms with E-state index in [1.807, 2.05) is 18.5 Å². The summed E-state index contributed by atoms with van der Waals surface area (Å²) in [7, 11) is 1.96. The lowest BCUT2D eigenvalue weighted by Crippen LogP contribution is -2.46. The quantitative estimate of drug-likeness (QED) is 0.478. The largest absolute Gasteiger partial charge is 0.393 e. The minimum atomic E-state index is -0.172. The van der Waals surface area contributed by atoms with E-state index in [1.54, 1.807) is 0 Å². The fraction of sp³-hybridized carbons (Fsp3) is 0.800. The van der Waals surface area contributed by atoms with Gasteiger partial charge in [-0.3, -0.25) is 0 Å². The number of hydrogen-bond acceptors (Lipinski definition) is 4. The molecule has 0 aromatic carbocycles. The van der Waals surface area contributed by atoms with Gasteiger partial charge in [0.1, 0.15) is 12.4 Å². The lowest BCUT2D eigenvalue weighted by Gasteiger charge is -2.32. The second-order valence-corrected chi connectivity index (χ2v) is 5.86. The molecule has 0 atom stereocenters. The lowest BCUT2D eigenvalue weighted by atomic mass is 10.1. The number of nitrogens with zero attached hydrogens (tertiary/aromatic N) is 5. The summed E-state index contributed by atoms with van der Waals surface area (Å²) in [5, 5.41) is 21.3. The molecule has 1 aliphatic rings. The van der Waals surface area contributed by atoms with Crippen LogP contribution in [0.3, 0.4) is 0 Å². The second-order valence-electron chi connectivity index (χ2n) is 5.86. The average molecular weight is 308 g/mol. The number of nitrogens with one attached hydrogen (secondary N) is 1. The van der Waals surface area contributed by atoms with E-state index in [0.29, 0.717) is 6.54 Å². The van der Waals surface area contributed by atoms with Crippen LogP contribution in [0.4, 0.5) is 0 Å². The SMILES string of the molecule is CCCCNC(=NCc1nnc(C)n1C)N1CCC(O)CC1. The van der Waals surface area contributed by atoms with Crippen molar-refractivity contribution in [1.29, 1.82) is 0 Å². The number of aromatic nitrogens is 3. The number of aliphatic hydroxyl groups excluding tert-OH is 1. The van der Waals surface area contributed by atoms with Crippen molar-refractivity contribution in [1.82, 2.24) is 25.0 Å². The highest BCUT2D eigenvalue weighted by Gasteiger charge is 2.20. The number of aryl methyl sites for hydroxylation is 1. The minimum absolute atomic E-state index is 0.172. The van der Waals surface area contributed by atoms with Crippen LogP contribution in [0.25, 0.3) is 0 Å². The Morgan fingerprint density at radius 1 is 1.36 bits per heavy atom. The van der Waals surface area contributed by atoms with E-state index < -0.39 is 0 Å². The molecule has 0 saturated carbocycles. The fourth-order valence-corrected chi connectivity index (χ4v) is 2.46. The van der Waals surface area contributed by atoms with Crippen LogP contribution in [0.2, 0.25) is 0 Å². The Balaban J connectivity index is 2.02. The monoisotopic (exact) mass is 308 g/mol. The highest BCUT2D eigenvalue weighted by Crippen LogP contribution is 2.10. The summed E-state index contributed by atoms with van der Waals surface area (Å²) in [6, 6.07) is 0. The first kappa shape index (κ1) is 16.7. The average Bonchev–Trinajstić information content (AvgIpc) is 2.83. The molecule has 0 amide bonds. The Morgan fingerprint density at radius 3 is 2.68 bits per heavy atom. The third kappa shape index (κ3) is 4.43. The van der Waals surface area contributed by atoms with Crippen molar-refractivity contribution in [3.8, 4) is 0 Å². The molecule has 1 aromatic heterocycles. The van der Waals surface area contributed by atoms with Gasteiger partial charge in [-0.25, -0.2) is 4.99 Å². The molecule has 1 saturated heterocycles.